The van der Waals surface area contributed by atoms with Gasteiger partial charge in [0.05, 0.1) is 11.6 Å². The Morgan fingerprint density at radius 2 is 2.10 bits per heavy atom. The van der Waals surface area contributed by atoms with Gasteiger partial charge in [0, 0.05) is 25.2 Å². The van der Waals surface area contributed by atoms with Crippen molar-refractivity contribution in [3.8, 4) is 0 Å². The summed E-state index contributed by atoms with van der Waals surface area (Å²) in [6.07, 6.45) is -3.89. The molecule has 20 heavy (non-hydrogen) atoms. The van der Waals surface area contributed by atoms with Crippen LogP contribution in [0.4, 0.5) is 23.7 Å². The van der Waals surface area contributed by atoms with Crippen LogP contribution in [0.3, 0.4) is 0 Å². The van der Waals surface area contributed by atoms with Crippen molar-refractivity contribution in [3.63, 3.8) is 0 Å². The maximum absolute atomic E-state index is 12.7. The second-order valence-electron chi connectivity index (χ2n) is 4.71. The molecule has 1 aromatic carbocycles. The normalized spacial score (nSPS) is 19.9. The van der Waals surface area contributed by atoms with Crippen LogP contribution in [0.15, 0.2) is 24.3 Å². The van der Waals surface area contributed by atoms with E-state index in [1.54, 1.807) is 7.05 Å². The van der Waals surface area contributed by atoms with Crippen molar-refractivity contribution in [2.45, 2.75) is 18.6 Å². The van der Waals surface area contributed by atoms with Crippen LogP contribution >= 0.6 is 11.6 Å². The number of halogens is 4. The summed E-state index contributed by atoms with van der Waals surface area (Å²) in [5.41, 5.74) is -0.508. The fraction of sp³-hybridized carbons (Fsp3) is 0.462. The molecule has 2 rings (SSSR count). The third-order valence-electron chi connectivity index (χ3n) is 3.28. The summed E-state index contributed by atoms with van der Waals surface area (Å²) in [4.78, 5) is 14.9. The highest BCUT2D eigenvalue weighted by atomic mass is 35.5. The number of likely N-dealkylation sites (N-methyl/N-ethyl adjacent to an activating group) is 1. The standard InChI is InChI=1S/C13H14ClF3N2O/c1-18-8-11(5-6-14)19(12(18)20)10-4-2-3-9(7-10)13(15,16)17/h2-4,7,11H,5-6,8H2,1H3. The average Bonchev–Trinajstić information content (AvgIpc) is 2.65. The van der Waals surface area contributed by atoms with Gasteiger partial charge in [-0.05, 0) is 24.6 Å². The number of hydrogen-bond acceptors (Lipinski definition) is 1. The van der Waals surface area contributed by atoms with E-state index in [1.165, 1.54) is 21.9 Å². The van der Waals surface area contributed by atoms with Crippen LogP contribution in [0.2, 0.25) is 0 Å². The number of benzene rings is 1. The largest absolute Gasteiger partial charge is 0.416 e. The number of nitrogens with zero attached hydrogens (tertiary/aromatic N) is 2. The fourth-order valence-electron chi connectivity index (χ4n) is 2.32. The smallest absolute Gasteiger partial charge is 0.325 e. The molecule has 1 aliphatic heterocycles. The van der Waals surface area contributed by atoms with E-state index in [1.807, 2.05) is 0 Å². The zero-order valence-electron chi connectivity index (χ0n) is 10.8. The molecule has 1 unspecified atom stereocenters. The molecule has 110 valence electrons. The summed E-state index contributed by atoms with van der Waals surface area (Å²) in [7, 11) is 1.62. The van der Waals surface area contributed by atoms with Gasteiger partial charge in [0.15, 0.2) is 0 Å². The molecular weight excluding hydrogens is 293 g/mol. The Hall–Kier alpha value is -1.43. The second-order valence-corrected chi connectivity index (χ2v) is 5.09. The van der Waals surface area contributed by atoms with Crippen molar-refractivity contribution in [2.24, 2.45) is 0 Å². The van der Waals surface area contributed by atoms with E-state index in [9.17, 15) is 18.0 Å². The van der Waals surface area contributed by atoms with Crippen LogP contribution in [0.5, 0.6) is 0 Å². The van der Waals surface area contributed by atoms with Crippen LogP contribution in [-0.4, -0.2) is 36.4 Å². The first-order chi connectivity index (χ1) is 9.34. The van der Waals surface area contributed by atoms with E-state index in [0.717, 1.165) is 12.1 Å². The van der Waals surface area contributed by atoms with Gasteiger partial charge in [0.1, 0.15) is 0 Å². The lowest BCUT2D eigenvalue weighted by Gasteiger charge is -2.23. The number of rotatable bonds is 3. The van der Waals surface area contributed by atoms with Crippen LogP contribution in [0, 0.1) is 0 Å². The van der Waals surface area contributed by atoms with Gasteiger partial charge in [0.2, 0.25) is 0 Å². The zero-order chi connectivity index (χ0) is 14.9. The highest BCUT2D eigenvalue weighted by Crippen LogP contribution is 2.33. The summed E-state index contributed by atoms with van der Waals surface area (Å²) < 4.78 is 38.2. The summed E-state index contributed by atoms with van der Waals surface area (Å²) in [5, 5.41) is 0. The van der Waals surface area contributed by atoms with Crippen LogP contribution < -0.4 is 4.90 Å². The van der Waals surface area contributed by atoms with E-state index in [0.29, 0.717) is 18.8 Å². The molecule has 1 heterocycles. The minimum atomic E-state index is -4.42. The first kappa shape index (κ1) is 15.0. The topological polar surface area (TPSA) is 23.6 Å². The predicted molar refractivity (Wildman–Crippen MR) is 71.1 cm³/mol. The molecule has 1 saturated heterocycles. The van der Waals surface area contributed by atoms with Crippen molar-refractivity contribution in [1.82, 2.24) is 4.90 Å². The molecule has 0 bridgehead atoms. The van der Waals surface area contributed by atoms with Crippen molar-refractivity contribution in [1.29, 1.82) is 0 Å². The molecule has 0 radical (unpaired) electrons. The Morgan fingerprint density at radius 3 is 2.70 bits per heavy atom. The molecule has 1 aromatic rings. The molecule has 3 nitrogen and oxygen atoms in total. The summed E-state index contributed by atoms with van der Waals surface area (Å²) in [5.74, 6) is 0.348. The highest BCUT2D eigenvalue weighted by molar-refractivity contribution is 6.18. The maximum atomic E-state index is 12.7. The Labute approximate surface area is 119 Å². The lowest BCUT2D eigenvalue weighted by molar-refractivity contribution is -0.137. The monoisotopic (exact) mass is 306 g/mol. The third kappa shape index (κ3) is 2.85. The third-order valence-corrected chi connectivity index (χ3v) is 3.49. The van der Waals surface area contributed by atoms with Gasteiger partial charge in [-0.3, -0.25) is 4.90 Å². The average molecular weight is 307 g/mol. The van der Waals surface area contributed by atoms with Crippen LogP contribution in [-0.2, 0) is 6.18 Å². The van der Waals surface area contributed by atoms with Gasteiger partial charge < -0.3 is 4.90 Å². The summed E-state index contributed by atoms with van der Waals surface area (Å²) in [6, 6.07) is 4.30. The molecule has 0 aromatic heterocycles. The van der Waals surface area contributed by atoms with Crippen molar-refractivity contribution >= 4 is 23.3 Å². The van der Waals surface area contributed by atoms with Crippen LogP contribution in [0.1, 0.15) is 12.0 Å². The molecule has 7 heteroatoms. The number of alkyl halides is 4. The number of urea groups is 1. The Kier molecular flexibility index (Phi) is 4.13. The van der Waals surface area contributed by atoms with Gasteiger partial charge in [-0.2, -0.15) is 13.2 Å². The van der Waals surface area contributed by atoms with Gasteiger partial charge in [-0.15, -0.1) is 11.6 Å². The molecule has 2 amide bonds. The summed E-state index contributed by atoms with van der Waals surface area (Å²) in [6.45, 7) is 0.460. The fourth-order valence-corrected chi connectivity index (χ4v) is 2.57. The minimum Gasteiger partial charge on any atom is -0.325 e. The lowest BCUT2D eigenvalue weighted by Crippen LogP contribution is -2.34. The second kappa shape index (κ2) is 5.52. The molecule has 0 saturated carbocycles. The van der Waals surface area contributed by atoms with E-state index in [4.69, 9.17) is 11.6 Å². The SMILES string of the molecule is CN1CC(CCCl)N(c2cccc(C(F)(F)F)c2)C1=O. The van der Waals surface area contributed by atoms with Gasteiger partial charge in [-0.25, -0.2) is 4.79 Å². The van der Waals surface area contributed by atoms with Gasteiger partial charge >= 0.3 is 12.2 Å². The Morgan fingerprint density at radius 1 is 1.40 bits per heavy atom. The quantitative estimate of drug-likeness (QED) is 0.783. The predicted octanol–water partition coefficient (Wildman–Crippen LogP) is 3.57. The number of hydrogen-bond donors (Lipinski definition) is 0. The van der Waals surface area contributed by atoms with Gasteiger partial charge in [0.25, 0.3) is 0 Å². The number of amides is 2. The van der Waals surface area contributed by atoms with Crippen molar-refractivity contribution < 1.29 is 18.0 Å². The molecule has 0 aliphatic carbocycles. The molecule has 1 aliphatic rings. The minimum absolute atomic E-state index is 0.200. The zero-order valence-corrected chi connectivity index (χ0v) is 11.6. The van der Waals surface area contributed by atoms with Crippen molar-refractivity contribution in [2.75, 3.05) is 24.4 Å². The lowest BCUT2D eigenvalue weighted by atomic mass is 10.1. The summed E-state index contributed by atoms with van der Waals surface area (Å²) >= 11 is 5.70. The first-order valence-electron chi connectivity index (χ1n) is 6.12. The van der Waals surface area contributed by atoms with E-state index < -0.39 is 11.7 Å². The number of carbonyl (C=O) groups excluding carboxylic acids is 1. The number of anilines is 1. The Bertz CT molecular complexity index is 507. The van der Waals surface area contributed by atoms with Gasteiger partial charge in [-0.1, -0.05) is 6.07 Å². The van der Waals surface area contributed by atoms with E-state index in [2.05, 4.69) is 0 Å². The highest BCUT2D eigenvalue weighted by Gasteiger charge is 2.37. The Balaban J connectivity index is 2.36. The molecule has 1 atom stereocenters. The first-order valence-corrected chi connectivity index (χ1v) is 6.65. The molecule has 0 N–H and O–H groups in total. The maximum Gasteiger partial charge on any atom is 0.416 e. The molecular formula is C13H14ClF3N2O. The van der Waals surface area contributed by atoms with Crippen molar-refractivity contribution in [3.05, 3.63) is 29.8 Å². The molecule has 1 fully saturated rings. The molecule has 0 spiro atoms. The van der Waals surface area contributed by atoms with E-state index in [-0.39, 0.29) is 17.8 Å². The number of carbonyl (C=O) groups is 1. The van der Waals surface area contributed by atoms with E-state index >= 15 is 0 Å². The van der Waals surface area contributed by atoms with Crippen LogP contribution in [0.25, 0.3) is 0 Å².